The molecule has 0 aliphatic heterocycles. The smallest absolute Gasteiger partial charge is 0.268 e. The van der Waals surface area contributed by atoms with Crippen molar-refractivity contribution >= 4 is 13.7 Å². The first kappa shape index (κ1) is 51.2. The number of aliphatic hydroxyl groups is 1. The summed E-state index contributed by atoms with van der Waals surface area (Å²) >= 11 is 0. The molecule has 0 bridgehead atoms. The number of carbonyl (C=O) groups is 1. The maximum Gasteiger partial charge on any atom is 0.268 e. The van der Waals surface area contributed by atoms with Gasteiger partial charge in [-0.05, 0) is 19.3 Å². The van der Waals surface area contributed by atoms with Crippen LogP contribution in [0.2, 0.25) is 0 Å². The number of unbranched alkanes of at least 4 members (excludes halogenated alkanes) is 27. The standard InChI is InChI=1S/C43H87N2O6P/c1-6-8-10-12-13-14-15-16-17-18-19-20-21-22-23-24-25-26-27-28-29-30-31-32-33-34-36-42(46)41(44-43(47)37-35-11-9-7-2)40-51-52(48,49)50-39-38-45(3,4)5/h34,36,41-42,46H,6-33,35,37-40H2,1-5H3,(H-,44,47,48,49)/b36-34+. The van der Waals surface area contributed by atoms with E-state index in [1.54, 1.807) is 6.08 Å². The number of rotatable bonds is 40. The number of phosphoric ester groups is 1. The lowest BCUT2D eigenvalue weighted by molar-refractivity contribution is -0.870. The van der Waals surface area contributed by atoms with Crippen LogP contribution in [0.5, 0.6) is 0 Å². The second-order valence-corrected chi connectivity index (χ2v) is 17.8. The summed E-state index contributed by atoms with van der Waals surface area (Å²) in [6.07, 6.45) is 40.5. The number of phosphoric acid groups is 1. The molecule has 8 nitrogen and oxygen atoms in total. The Hall–Kier alpha value is -0.760. The molecule has 52 heavy (non-hydrogen) atoms. The first-order chi connectivity index (χ1) is 25.0. The molecule has 0 aromatic carbocycles. The minimum absolute atomic E-state index is 0.000771. The molecular formula is C43H87N2O6P. The Bertz CT molecular complexity index is 865. The fraction of sp³-hybridized carbons (Fsp3) is 0.930. The monoisotopic (exact) mass is 759 g/mol. The van der Waals surface area contributed by atoms with Gasteiger partial charge in [0.2, 0.25) is 5.91 Å². The number of nitrogens with one attached hydrogen (secondary N) is 1. The molecule has 9 heteroatoms. The summed E-state index contributed by atoms with van der Waals surface area (Å²) in [5.41, 5.74) is 0. The second kappa shape index (κ2) is 35.9. The molecule has 1 amide bonds. The Kier molecular flexibility index (Phi) is 35.4. The Balaban J connectivity index is 3.98. The van der Waals surface area contributed by atoms with Crippen LogP contribution in [0, 0.1) is 0 Å². The fourth-order valence-corrected chi connectivity index (χ4v) is 7.17. The zero-order chi connectivity index (χ0) is 38.6. The molecule has 0 saturated heterocycles. The molecule has 0 aromatic rings. The van der Waals surface area contributed by atoms with Crippen molar-refractivity contribution in [3.63, 3.8) is 0 Å². The quantitative estimate of drug-likeness (QED) is 0.0279. The van der Waals surface area contributed by atoms with Crippen LogP contribution in [0.1, 0.15) is 206 Å². The summed E-state index contributed by atoms with van der Waals surface area (Å²) in [5.74, 6) is -0.214. The van der Waals surface area contributed by atoms with Crippen molar-refractivity contribution < 1.29 is 32.9 Å². The third-order valence-electron chi connectivity index (χ3n) is 10.00. The molecule has 3 atom stereocenters. The molecule has 0 aromatic heterocycles. The lowest BCUT2D eigenvalue weighted by Gasteiger charge is -2.29. The van der Waals surface area contributed by atoms with Crippen molar-refractivity contribution in [3.05, 3.63) is 12.2 Å². The van der Waals surface area contributed by atoms with Crippen molar-refractivity contribution in [1.82, 2.24) is 5.32 Å². The number of nitrogens with zero attached hydrogens (tertiary/aromatic N) is 1. The van der Waals surface area contributed by atoms with Crippen molar-refractivity contribution in [2.75, 3.05) is 40.9 Å². The molecule has 0 aliphatic carbocycles. The maximum absolute atomic E-state index is 12.5. The zero-order valence-electron chi connectivity index (χ0n) is 35.0. The summed E-state index contributed by atoms with van der Waals surface area (Å²) in [7, 11) is 1.26. The SMILES string of the molecule is CCCCCCCCCCCCCCCCCCCCCCCCCC/C=C/C(O)C(COP(=O)([O-])OCC[N+](C)(C)C)NC(=O)CCCCCC. The van der Waals surface area contributed by atoms with Gasteiger partial charge in [-0.3, -0.25) is 9.36 Å². The number of carbonyl (C=O) groups excluding carboxylic acids is 1. The molecule has 0 spiro atoms. The number of aliphatic hydroxyl groups excluding tert-OH is 1. The fourth-order valence-electron chi connectivity index (χ4n) is 6.45. The summed E-state index contributed by atoms with van der Waals surface area (Å²) in [4.78, 5) is 24.9. The van der Waals surface area contributed by atoms with Crippen molar-refractivity contribution in [1.29, 1.82) is 0 Å². The summed E-state index contributed by atoms with van der Waals surface area (Å²) in [5, 5.41) is 13.6. The van der Waals surface area contributed by atoms with Gasteiger partial charge in [0.05, 0.1) is 39.9 Å². The van der Waals surface area contributed by atoms with E-state index in [0.717, 1.165) is 44.9 Å². The third-order valence-corrected chi connectivity index (χ3v) is 11.0. The normalized spacial score (nSPS) is 14.5. The largest absolute Gasteiger partial charge is 0.756 e. The van der Waals surface area contributed by atoms with E-state index >= 15 is 0 Å². The highest BCUT2D eigenvalue weighted by atomic mass is 31.2. The van der Waals surface area contributed by atoms with Crippen LogP contribution in [0.3, 0.4) is 0 Å². The molecule has 0 radical (unpaired) electrons. The van der Waals surface area contributed by atoms with Gasteiger partial charge in [-0.2, -0.15) is 0 Å². The molecule has 0 heterocycles. The summed E-state index contributed by atoms with van der Waals surface area (Å²) < 4.78 is 23.0. The first-order valence-electron chi connectivity index (χ1n) is 22.1. The Morgan fingerprint density at radius 3 is 1.44 bits per heavy atom. The number of allylic oxidation sites excluding steroid dienone is 1. The van der Waals surface area contributed by atoms with Gasteiger partial charge >= 0.3 is 0 Å². The lowest BCUT2D eigenvalue weighted by Crippen LogP contribution is -2.45. The lowest BCUT2D eigenvalue weighted by atomic mass is 10.0. The van der Waals surface area contributed by atoms with Crippen molar-refractivity contribution in [2.24, 2.45) is 0 Å². The van der Waals surface area contributed by atoms with E-state index in [0.29, 0.717) is 17.4 Å². The van der Waals surface area contributed by atoms with Crippen LogP contribution >= 0.6 is 7.82 Å². The minimum atomic E-state index is -4.56. The highest BCUT2D eigenvalue weighted by Crippen LogP contribution is 2.38. The van der Waals surface area contributed by atoms with E-state index in [1.165, 1.54) is 141 Å². The van der Waals surface area contributed by atoms with Gasteiger partial charge in [-0.15, -0.1) is 0 Å². The van der Waals surface area contributed by atoms with E-state index in [4.69, 9.17) is 9.05 Å². The molecule has 2 N–H and O–H groups in total. The van der Waals surface area contributed by atoms with Gasteiger partial charge in [0, 0.05) is 6.42 Å². The molecule has 0 aliphatic rings. The number of hydrogen-bond donors (Lipinski definition) is 2. The number of amides is 1. The van der Waals surface area contributed by atoms with Crippen LogP contribution < -0.4 is 10.2 Å². The van der Waals surface area contributed by atoms with E-state index < -0.39 is 20.0 Å². The van der Waals surface area contributed by atoms with Crippen LogP contribution in [-0.2, 0) is 18.4 Å². The first-order valence-corrected chi connectivity index (χ1v) is 23.5. The Morgan fingerprint density at radius 1 is 0.654 bits per heavy atom. The van der Waals surface area contributed by atoms with Gasteiger partial charge in [-0.25, -0.2) is 0 Å². The topological polar surface area (TPSA) is 108 Å². The number of hydrogen-bond acceptors (Lipinski definition) is 6. The minimum Gasteiger partial charge on any atom is -0.756 e. The molecule has 0 rings (SSSR count). The van der Waals surface area contributed by atoms with Gasteiger partial charge < -0.3 is 28.8 Å². The van der Waals surface area contributed by atoms with Crippen molar-refractivity contribution in [3.8, 4) is 0 Å². The molecule has 3 unspecified atom stereocenters. The van der Waals surface area contributed by atoms with Crippen LogP contribution in [0.25, 0.3) is 0 Å². The predicted octanol–water partition coefficient (Wildman–Crippen LogP) is 11.3. The highest BCUT2D eigenvalue weighted by Gasteiger charge is 2.23. The van der Waals surface area contributed by atoms with E-state index in [2.05, 4.69) is 19.2 Å². The van der Waals surface area contributed by atoms with E-state index in [9.17, 15) is 19.4 Å². The second-order valence-electron chi connectivity index (χ2n) is 16.4. The van der Waals surface area contributed by atoms with E-state index in [1.807, 2.05) is 27.2 Å². The van der Waals surface area contributed by atoms with Gasteiger partial charge in [-0.1, -0.05) is 193 Å². The van der Waals surface area contributed by atoms with Crippen LogP contribution in [-0.4, -0.2) is 68.5 Å². The summed E-state index contributed by atoms with van der Waals surface area (Å²) in [6, 6.07) is -0.876. The van der Waals surface area contributed by atoms with Gasteiger partial charge in [0.15, 0.2) is 0 Å². The third kappa shape index (κ3) is 37.6. The Labute approximate surface area is 322 Å². The predicted molar refractivity (Wildman–Crippen MR) is 219 cm³/mol. The maximum atomic E-state index is 12.5. The van der Waals surface area contributed by atoms with Crippen LogP contribution in [0.15, 0.2) is 12.2 Å². The average Bonchev–Trinajstić information content (AvgIpc) is 3.09. The molecular weight excluding hydrogens is 671 g/mol. The Morgan fingerprint density at radius 2 is 1.04 bits per heavy atom. The van der Waals surface area contributed by atoms with E-state index in [-0.39, 0.29) is 19.1 Å². The average molecular weight is 759 g/mol. The number of quaternary nitrogens is 1. The molecule has 0 fully saturated rings. The molecule has 0 saturated carbocycles. The van der Waals surface area contributed by atoms with Crippen molar-refractivity contribution in [2.45, 2.75) is 219 Å². The molecule has 310 valence electrons. The highest BCUT2D eigenvalue weighted by molar-refractivity contribution is 7.45. The van der Waals surface area contributed by atoms with Crippen LogP contribution in [0.4, 0.5) is 0 Å². The van der Waals surface area contributed by atoms with Gasteiger partial charge in [0.1, 0.15) is 13.2 Å². The van der Waals surface area contributed by atoms with Gasteiger partial charge in [0.25, 0.3) is 7.82 Å². The zero-order valence-corrected chi connectivity index (χ0v) is 35.9. The number of likely N-dealkylation sites (N-methyl/N-ethyl adjacent to an activating group) is 1. The summed E-state index contributed by atoms with van der Waals surface area (Å²) in [6.45, 7) is 4.53.